The van der Waals surface area contributed by atoms with Crippen LogP contribution in [0, 0.1) is 41.6 Å². The Balaban J connectivity index is 1.72. The van der Waals surface area contributed by atoms with Gasteiger partial charge in [-0.15, -0.1) is 0 Å². The molecule has 2 aromatic carbocycles. The van der Waals surface area contributed by atoms with E-state index in [1.807, 2.05) is 6.07 Å². The van der Waals surface area contributed by atoms with Gasteiger partial charge >= 0.3 is 0 Å². The second-order valence-corrected chi connectivity index (χ2v) is 11.8. The molecular weight excluding hydrogens is 525 g/mol. The van der Waals surface area contributed by atoms with Crippen molar-refractivity contribution in [3.8, 4) is 17.3 Å². The molecule has 2 aromatic heterocycles. The smallest absolute Gasteiger partial charge is 0.268 e. The lowest BCUT2D eigenvalue weighted by molar-refractivity contribution is 0.316. The molecule has 0 bridgehead atoms. The topological polar surface area (TPSA) is 87.8 Å². The van der Waals surface area contributed by atoms with E-state index in [4.69, 9.17) is 0 Å². The summed E-state index contributed by atoms with van der Waals surface area (Å²) in [5, 5.41) is 12.9. The number of hydrogen-bond acceptors (Lipinski definition) is 5. The van der Waals surface area contributed by atoms with Crippen molar-refractivity contribution in [1.29, 1.82) is 5.26 Å². The van der Waals surface area contributed by atoms with Crippen LogP contribution in [0.25, 0.3) is 22.2 Å². The largest absolute Gasteiger partial charge is 0.365 e. The molecule has 10 heteroatoms. The van der Waals surface area contributed by atoms with Crippen LogP contribution in [0.1, 0.15) is 50.2 Å². The molecule has 5 rings (SSSR count). The van der Waals surface area contributed by atoms with E-state index in [0.717, 1.165) is 60.0 Å². The number of aryl methyl sites for hydroxylation is 1. The molecule has 1 aliphatic carbocycles. The van der Waals surface area contributed by atoms with Gasteiger partial charge in [0.1, 0.15) is 17.4 Å². The number of rotatable bonds is 6. The van der Waals surface area contributed by atoms with Gasteiger partial charge in [-0.2, -0.15) is 5.26 Å². The molecule has 1 N–H and O–H groups in total. The SMILES string of the molecule is CC[C@@H]1CCCC[C@H]1Nc1nc(-c2cn(S(=O)(=O)c3ccc(C)cc3)c3c(F)cc(F)cc23)c(C#N)cc1F. The maximum Gasteiger partial charge on any atom is 0.268 e. The fourth-order valence-electron chi connectivity index (χ4n) is 5.39. The predicted octanol–water partition coefficient (Wildman–Crippen LogP) is 6.92. The number of nitriles is 1. The van der Waals surface area contributed by atoms with Gasteiger partial charge in [-0.25, -0.2) is 30.5 Å². The van der Waals surface area contributed by atoms with Gasteiger partial charge in [-0.3, -0.25) is 0 Å². The van der Waals surface area contributed by atoms with Gasteiger partial charge in [-0.1, -0.05) is 43.9 Å². The molecule has 2 heterocycles. The third-order valence-corrected chi connectivity index (χ3v) is 9.14. The highest BCUT2D eigenvalue weighted by Gasteiger charge is 2.29. The molecule has 0 unspecified atom stereocenters. The maximum atomic E-state index is 15.2. The summed E-state index contributed by atoms with van der Waals surface area (Å²) in [6, 6.07) is 10.5. The van der Waals surface area contributed by atoms with Crippen LogP contribution in [0.3, 0.4) is 0 Å². The number of hydrogen-bond donors (Lipinski definition) is 1. The normalized spacial score (nSPS) is 17.7. The van der Waals surface area contributed by atoms with Crippen molar-refractivity contribution in [2.24, 2.45) is 5.92 Å². The number of anilines is 1. The van der Waals surface area contributed by atoms with E-state index in [1.165, 1.54) is 12.1 Å². The Bertz CT molecular complexity index is 1710. The van der Waals surface area contributed by atoms with Crippen LogP contribution in [0.2, 0.25) is 0 Å². The number of nitrogens with zero attached hydrogens (tertiary/aromatic N) is 3. The van der Waals surface area contributed by atoms with Crippen LogP contribution in [0.4, 0.5) is 19.0 Å². The van der Waals surface area contributed by atoms with Crippen molar-refractivity contribution in [2.75, 3.05) is 5.32 Å². The first kappa shape index (κ1) is 26.8. The summed E-state index contributed by atoms with van der Waals surface area (Å²) in [5.41, 5.74) is 0.172. The Labute approximate surface area is 225 Å². The van der Waals surface area contributed by atoms with Gasteiger partial charge in [0.2, 0.25) is 0 Å². The Morgan fingerprint density at radius 2 is 1.79 bits per heavy atom. The maximum absolute atomic E-state index is 15.2. The third-order valence-electron chi connectivity index (χ3n) is 7.47. The van der Waals surface area contributed by atoms with E-state index in [-0.39, 0.29) is 39.0 Å². The van der Waals surface area contributed by atoms with E-state index in [2.05, 4.69) is 17.2 Å². The van der Waals surface area contributed by atoms with Crippen LogP contribution >= 0.6 is 0 Å². The molecule has 0 radical (unpaired) electrons. The Morgan fingerprint density at radius 3 is 2.49 bits per heavy atom. The third kappa shape index (κ3) is 4.87. The minimum Gasteiger partial charge on any atom is -0.365 e. The summed E-state index contributed by atoms with van der Waals surface area (Å²) in [5.74, 6) is -2.53. The van der Waals surface area contributed by atoms with Crippen molar-refractivity contribution in [2.45, 2.75) is 56.9 Å². The second kappa shape index (κ2) is 10.4. The van der Waals surface area contributed by atoms with Crippen molar-refractivity contribution < 1.29 is 21.6 Å². The molecule has 2 atom stereocenters. The lowest BCUT2D eigenvalue weighted by Gasteiger charge is -2.32. The molecule has 4 aromatic rings. The summed E-state index contributed by atoms with van der Waals surface area (Å²) < 4.78 is 72.6. The molecule has 0 aliphatic heterocycles. The van der Waals surface area contributed by atoms with Gasteiger partial charge in [0, 0.05) is 29.3 Å². The van der Waals surface area contributed by atoms with E-state index in [1.54, 1.807) is 19.1 Å². The monoisotopic (exact) mass is 552 g/mol. The van der Waals surface area contributed by atoms with E-state index in [0.29, 0.717) is 12.0 Å². The molecule has 0 amide bonds. The van der Waals surface area contributed by atoms with Crippen LogP contribution in [0.15, 0.2) is 53.6 Å². The summed E-state index contributed by atoms with van der Waals surface area (Å²) >= 11 is 0. The van der Waals surface area contributed by atoms with Gasteiger partial charge in [-0.05, 0) is 49.9 Å². The van der Waals surface area contributed by atoms with Crippen LogP contribution in [-0.4, -0.2) is 23.4 Å². The van der Waals surface area contributed by atoms with Crippen LogP contribution in [0.5, 0.6) is 0 Å². The van der Waals surface area contributed by atoms with Crippen molar-refractivity contribution in [3.05, 3.63) is 77.2 Å². The molecule has 6 nitrogen and oxygen atoms in total. The number of fused-ring (bicyclic) bond motifs is 1. The molecular formula is C29H27F3N4O2S. The Morgan fingerprint density at radius 1 is 1.08 bits per heavy atom. The first-order valence-electron chi connectivity index (χ1n) is 12.8. The predicted molar refractivity (Wildman–Crippen MR) is 143 cm³/mol. The molecule has 0 saturated heterocycles. The van der Waals surface area contributed by atoms with Crippen LogP contribution < -0.4 is 5.32 Å². The van der Waals surface area contributed by atoms with Crippen molar-refractivity contribution in [1.82, 2.24) is 8.96 Å². The van der Waals surface area contributed by atoms with E-state index in [9.17, 15) is 18.1 Å². The molecule has 1 saturated carbocycles. The molecule has 1 fully saturated rings. The number of halogens is 3. The zero-order chi connectivity index (χ0) is 27.9. The summed E-state index contributed by atoms with van der Waals surface area (Å²) in [4.78, 5) is 4.30. The van der Waals surface area contributed by atoms with Crippen LogP contribution in [-0.2, 0) is 10.0 Å². The summed E-state index contributed by atoms with van der Waals surface area (Å²) in [6.45, 7) is 3.87. The zero-order valence-electron chi connectivity index (χ0n) is 21.5. The van der Waals surface area contributed by atoms with E-state index >= 15 is 8.78 Å². The highest BCUT2D eigenvalue weighted by atomic mass is 32.2. The van der Waals surface area contributed by atoms with Gasteiger partial charge < -0.3 is 5.32 Å². The zero-order valence-corrected chi connectivity index (χ0v) is 22.3. The van der Waals surface area contributed by atoms with Gasteiger partial charge in [0.25, 0.3) is 10.0 Å². The lowest BCUT2D eigenvalue weighted by Crippen LogP contribution is -2.32. The summed E-state index contributed by atoms with van der Waals surface area (Å²) in [7, 11) is -4.32. The fourth-order valence-corrected chi connectivity index (χ4v) is 6.77. The summed E-state index contributed by atoms with van der Waals surface area (Å²) in [6.07, 6.45) is 5.94. The highest BCUT2D eigenvalue weighted by Crippen LogP contribution is 2.37. The Hall–Kier alpha value is -3.84. The lowest BCUT2D eigenvalue weighted by atomic mass is 9.83. The standard InChI is InChI=1S/C29H27F3N4O2S/c1-3-18-6-4-5-7-26(18)34-29-25(32)12-19(15-33)27(35-29)23-16-36(28-22(23)13-20(30)14-24(28)31)39(37,38)21-10-8-17(2)9-11-21/h8-14,16,18,26H,3-7H2,1-2H3,(H,34,35)/t18-,26-/m1/s1. The quantitative estimate of drug-likeness (QED) is 0.281. The highest BCUT2D eigenvalue weighted by molar-refractivity contribution is 7.90. The minimum absolute atomic E-state index is 0.00521. The molecule has 39 heavy (non-hydrogen) atoms. The molecule has 1 aliphatic rings. The number of benzene rings is 2. The minimum atomic E-state index is -4.32. The number of aromatic nitrogens is 2. The van der Waals surface area contributed by atoms with Crippen molar-refractivity contribution in [3.63, 3.8) is 0 Å². The average molecular weight is 553 g/mol. The Kier molecular flexibility index (Phi) is 7.12. The number of pyridine rings is 1. The van der Waals surface area contributed by atoms with Crippen molar-refractivity contribution >= 4 is 26.7 Å². The average Bonchev–Trinajstić information content (AvgIpc) is 3.30. The molecule has 0 spiro atoms. The first-order valence-corrected chi connectivity index (χ1v) is 14.3. The second-order valence-electron chi connectivity index (χ2n) is 9.97. The van der Waals surface area contributed by atoms with E-state index < -0.39 is 33.0 Å². The fraction of sp³-hybridized carbons (Fsp3) is 0.310. The molecule has 202 valence electrons. The van der Waals surface area contributed by atoms with Gasteiger partial charge in [0.05, 0.1) is 16.2 Å². The number of nitrogens with one attached hydrogen (secondary N) is 1. The van der Waals surface area contributed by atoms with Gasteiger partial charge in [0.15, 0.2) is 17.5 Å². The first-order chi connectivity index (χ1) is 18.6.